The molecule has 0 radical (unpaired) electrons. The molecule has 1 aromatic rings. The van der Waals surface area contributed by atoms with Crippen molar-refractivity contribution in [1.29, 1.82) is 0 Å². The van der Waals surface area contributed by atoms with Gasteiger partial charge in [0.15, 0.2) is 9.84 Å². The summed E-state index contributed by atoms with van der Waals surface area (Å²) in [5.41, 5.74) is 0.590. The molecule has 17 heavy (non-hydrogen) atoms. The lowest BCUT2D eigenvalue weighted by molar-refractivity contribution is -0.107. The minimum absolute atomic E-state index is 0.0477. The van der Waals surface area contributed by atoms with Gasteiger partial charge in [-0.15, -0.1) is 0 Å². The van der Waals surface area contributed by atoms with Gasteiger partial charge in [-0.25, -0.2) is 8.42 Å². The second kappa shape index (κ2) is 5.18. The topological polar surface area (TPSA) is 69.7 Å². The Balaban J connectivity index is 3.48. The summed E-state index contributed by atoms with van der Waals surface area (Å²) >= 11 is 0. The summed E-state index contributed by atoms with van der Waals surface area (Å²) in [7, 11) is -0.608. The van der Waals surface area contributed by atoms with E-state index in [-0.39, 0.29) is 17.1 Å². The number of benzene rings is 1. The lowest BCUT2D eigenvalue weighted by Crippen LogP contribution is -2.04. The van der Waals surface area contributed by atoms with Gasteiger partial charge in [-0.2, -0.15) is 0 Å². The van der Waals surface area contributed by atoms with E-state index >= 15 is 0 Å². The molecule has 0 amide bonds. The average Bonchev–Trinajstić information content (AvgIpc) is 2.27. The Hall–Kier alpha value is -1.56. The molecule has 0 atom stereocenters. The molecule has 5 nitrogen and oxygen atoms in total. The maximum Gasteiger partial charge on any atom is 0.179 e. The van der Waals surface area contributed by atoms with Crippen molar-refractivity contribution in [1.82, 2.24) is 0 Å². The SMILES string of the molecule is COc1cc(S(C)(=O)=O)c(OC)cc1CC=O. The molecule has 0 bridgehead atoms. The fourth-order valence-electron chi connectivity index (χ4n) is 1.47. The Labute approximate surface area is 100 Å². The highest BCUT2D eigenvalue weighted by molar-refractivity contribution is 7.90. The number of sulfone groups is 1. The quantitative estimate of drug-likeness (QED) is 0.732. The number of hydrogen-bond acceptors (Lipinski definition) is 5. The molecule has 0 aliphatic rings. The highest BCUT2D eigenvalue weighted by Gasteiger charge is 2.18. The van der Waals surface area contributed by atoms with Gasteiger partial charge in [0.2, 0.25) is 0 Å². The first kappa shape index (κ1) is 13.5. The number of carbonyl (C=O) groups excluding carboxylic acids is 1. The minimum atomic E-state index is -3.40. The van der Waals surface area contributed by atoms with Gasteiger partial charge in [-0.3, -0.25) is 0 Å². The molecule has 0 saturated carbocycles. The highest BCUT2D eigenvalue weighted by atomic mass is 32.2. The Kier molecular flexibility index (Phi) is 4.11. The molecule has 0 unspecified atom stereocenters. The van der Waals surface area contributed by atoms with Gasteiger partial charge in [-0.05, 0) is 6.07 Å². The maximum atomic E-state index is 11.5. The average molecular weight is 258 g/mol. The van der Waals surface area contributed by atoms with E-state index in [1.54, 1.807) is 0 Å². The van der Waals surface area contributed by atoms with E-state index in [0.29, 0.717) is 11.3 Å². The normalized spacial score (nSPS) is 11.0. The number of ether oxygens (including phenoxy) is 2. The molecule has 94 valence electrons. The lowest BCUT2D eigenvalue weighted by atomic mass is 10.1. The summed E-state index contributed by atoms with van der Waals surface area (Å²) in [5, 5.41) is 0. The van der Waals surface area contributed by atoms with Crippen molar-refractivity contribution in [3.63, 3.8) is 0 Å². The van der Waals surface area contributed by atoms with Crippen LogP contribution in [-0.2, 0) is 21.1 Å². The predicted octanol–water partition coefficient (Wildman–Crippen LogP) is 0.849. The van der Waals surface area contributed by atoms with Crippen LogP contribution in [0.25, 0.3) is 0 Å². The van der Waals surface area contributed by atoms with Gasteiger partial charge < -0.3 is 14.3 Å². The third kappa shape index (κ3) is 2.97. The smallest absolute Gasteiger partial charge is 0.179 e. The first-order chi connectivity index (χ1) is 7.93. The van der Waals surface area contributed by atoms with Gasteiger partial charge in [0.25, 0.3) is 0 Å². The third-order valence-corrected chi connectivity index (χ3v) is 3.39. The highest BCUT2D eigenvalue weighted by Crippen LogP contribution is 2.32. The molecule has 0 spiro atoms. The number of carbonyl (C=O) groups is 1. The zero-order valence-electron chi connectivity index (χ0n) is 9.89. The van der Waals surface area contributed by atoms with E-state index in [0.717, 1.165) is 12.5 Å². The lowest BCUT2D eigenvalue weighted by Gasteiger charge is -2.12. The number of hydrogen-bond donors (Lipinski definition) is 0. The van der Waals surface area contributed by atoms with Crippen LogP contribution in [0.1, 0.15) is 5.56 Å². The summed E-state index contributed by atoms with van der Waals surface area (Å²) in [6.07, 6.45) is 1.95. The monoisotopic (exact) mass is 258 g/mol. The zero-order chi connectivity index (χ0) is 13.1. The predicted molar refractivity (Wildman–Crippen MR) is 62.4 cm³/mol. The van der Waals surface area contributed by atoms with Gasteiger partial charge >= 0.3 is 0 Å². The zero-order valence-corrected chi connectivity index (χ0v) is 10.7. The van der Waals surface area contributed by atoms with E-state index in [1.807, 2.05) is 0 Å². The van der Waals surface area contributed by atoms with Crippen molar-refractivity contribution in [2.45, 2.75) is 11.3 Å². The van der Waals surface area contributed by atoms with Crippen molar-refractivity contribution in [3.05, 3.63) is 17.7 Å². The van der Waals surface area contributed by atoms with Crippen LogP contribution in [-0.4, -0.2) is 35.2 Å². The molecule has 0 aliphatic carbocycles. The molecule has 0 aliphatic heterocycles. The third-order valence-electron chi connectivity index (χ3n) is 2.27. The fourth-order valence-corrected chi connectivity index (χ4v) is 2.30. The van der Waals surface area contributed by atoms with Gasteiger partial charge in [-0.1, -0.05) is 0 Å². The van der Waals surface area contributed by atoms with E-state index in [4.69, 9.17) is 9.47 Å². The largest absolute Gasteiger partial charge is 0.496 e. The summed E-state index contributed by atoms with van der Waals surface area (Å²) in [6.45, 7) is 0. The summed E-state index contributed by atoms with van der Waals surface area (Å²) in [5.74, 6) is 0.573. The van der Waals surface area contributed by atoms with E-state index in [9.17, 15) is 13.2 Å². The molecule has 1 aromatic carbocycles. The van der Waals surface area contributed by atoms with Crippen LogP contribution < -0.4 is 9.47 Å². The second-order valence-corrected chi connectivity index (χ2v) is 5.44. The Morgan fingerprint density at radius 1 is 1.18 bits per heavy atom. The Morgan fingerprint density at radius 3 is 2.18 bits per heavy atom. The van der Waals surface area contributed by atoms with Crippen LogP contribution in [0.4, 0.5) is 0 Å². The molecule has 1 rings (SSSR count). The minimum Gasteiger partial charge on any atom is -0.496 e. The first-order valence-electron chi connectivity index (χ1n) is 4.82. The number of methoxy groups -OCH3 is 2. The van der Waals surface area contributed by atoms with Crippen molar-refractivity contribution >= 4 is 16.1 Å². The van der Waals surface area contributed by atoms with Crippen LogP contribution >= 0.6 is 0 Å². The molecule has 0 saturated heterocycles. The van der Waals surface area contributed by atoms with Crippen molar-refractivity contribution in [2.75, 3.05) is 20.5 Å². The van der Waals surface area contributed by atoms with E-state index in [1.165, 1.54) is 26.4 Å². The van der Waals surface area contributed by atoms with Crippen molar-refractivity contribution < 1.29 is 22.7 Å². The molecule has 0 heterocycles. The first-order valence-corrected chi connectivity index (χ1v) is 6.71. The summed E-state index contributed by atoms with van der Waals surface area (Å²) in [6, 6.07) is 2.87. The van der Waals surface area contributed by atoms with Gasteiger partial charge in [0.05, 0.1) is 14.2 Å². The fraction of sp³-hybridized carbons (Fsp3) is 0.364. The van der Waals surface area contributed by atoms with E-state index < -0.39 is 9.84 Å². The molecule has 0 aromatic heterocycles. The Bertz CT molecular complexity index is 519. The van der Waals surface area contributed by atoms with Crippen LogP contribution in [0.2, 0.25) is 0 Å². The maximum absolute atomic E-state index is 11.5. The van der Waals surface area contributed by atoms with Crippen molar-refractivity contribution in [2.24, 2.45) is 0 Å². The van der Waals surface area contributed by atoms with E-state index in [2.05, 4.69) is 0 Å². The summed E-state index contributed by atoms with van der Waals surface area (Å²) < 4.78 is 33.2. The standard InChI is InChI=1S/C11H14O5S/c1-15-9-7-11(17(3,13)14)10(16-2)6-8(9)4-5-12/h5-7H,4H2,1-3H3. The van der Waals surface area contributed by atoms with Crippen LogP contribution in [0, 0.1) is 0 Å². The molecule has 6 heteroatoms. The Morgan fingerprint density at radius 2 is 1.76 bits per heavy atom. The second-order valence-electron chi connectivity index (χ2n) is 3.46. The van der Waals surface area contributed by atoms with Crippen LogP contribution in [0.15, 0.2) is 17.0 Å². The molecule has 0 fully saturated rings. The molecule has 0 N–H and O–H groups in total. The van der Waals surface area contributed by atoms with Crippen LogP contribution in [0.3, 0.4) is 0 Å². The summed E-state index contributed by atoms with van der Waals surface area (Å²) in [4.78, 5) is 10.6. The molecular formula is C11H14O5S. The molecular weight excluding hydrogens is 244 g/mol. The number of rotatable bonds is 5. The number of aldehydes is 1. The van der Waals surface area contributed by atoms with Gasteiger partial charge in [0, 0.05) is 24.3 Å². The van der Waals surface area contributed by atoms with Crippen LogP contribution in [0.5, 0.6) is 11.5 Å². The van der Waals surface area contributed by atoms with Crippen molar-refractivity contribution in [3.8, 4) is 11.5 Å². The van der Waals surface area contributed by atoms with Gasteiger partial charge in [0.1, 0.15) is 22.7 Å².